The molecule has 0 aromatic heterocycles. The minimum atomic E-state index is -0.828. The zero-order valence-electron chi connectivity index (χ0n) is 14.1. The molecule has 28 heavy (non-hydrogen) atoms. The summed E-state index contributed by atoms with van der Waals surface area (Å²) in [5, 5.41) is 15.5. The molecule has 0 aliphatic heterocycles. The molecule has 0 atom stereocenters. The van der Waals surface area contributed by atoms with Crippen molar-refractivity contribution in [1.82, 2.24) is 5.32 Å². The first-order valence-corrected chi connectivity index (χ1v) is 8.86. The Morgan fingerprint density at radius 1 is 1.14 bits per heavy atom. The maximum Gasteiger partial charge on any atom is 0.325 e. The van der Waals surface area contributed by atoms with Gasteiger partial charge < -0.3 is 15.4 Å². The molecule has 2 aromatic carbocycles. The van der Waals surface area contributed by atoms with Crippen molar-refractivity contribution in [1.29, 1.82) is 0 Å². The van der Waals surface area contributed by atoms with Crippen molar-refractivity contribution in [2.75, 3.05) is 18.5 Å². The molecule has 9 nitrogen and oxygen atoms in total. The maximum atomic E-state index is 11.9. The zero-order valence-corrected chi connectivity index (χ0v) is 16.5. The van der Waals surface area contributed by atoms with Crippen molar-refractivity contribution in [2.45, 2.75) is 0 Å². The highest BCUT2D eigenvalue weighted by Crippen LogP contribution is 2.26. The number of hydrogen-bond acceptors (Lipinski definition) is 6. The van der Waals surface area contributed by atoms with Gasteiger partial charge in [0.15, 0.2) is 6.61 Å². The van der Waals surface area contributed by atoms with Gasteiger partial charge in [0.1, 0.15) is 6.54 Å². The van der Waals surface area contributed by atoms with Crippen molar-refractivity contribution in [3.05, 3.63) is 67.6 Å². The van der Waals surface area contributed by atoms with Crippen molar-refractivity contribution in [3.63, 3.8) is 0 Å². The lowest BCUT2D eigenvalue weighted by Gasteiger charge is -2.09. The van der Waals surface area contributed by atoms with Crippen LogP contribution < -0.4 is 10.6 Å². The van der Waals surface area contributed by atoms with Crippen LogP contribution in [0.4, 0.5) is 11.4 Å². The first kappa shape index (κ1) is 21.3. The van der Waals surface area contributed by atoms with Crippen LogP contribution in [0.25, 0.3) is 0 Å². The number of anilines is 1. The number of esters is 1. The van der Waals surface area contributed by atoms with Crippen LogP contribution in [0.5, 0.6) is 0 Å². The molecule has 146 valence electrons. The fourth-order valence-corrected chi connectivity index (χ4v) is 2.39. The predicted octanol–water partition coefficient (Wildman–Crippen LogP) is 2.92. The van der Waals surface area contributed by atoms with Gasteiger partial charge in [0, 0.05) is 22.2 Å². The van der Waals surface area contributed by atoms with E-state index in [1.54, 1.807) is 24.3 Å². The molecule has 0 heterocycles. The molecular weight excluding hydrogens is 458 g/mol. The molecule has 0 unspecified atom stereocenters. The van der Waals surface area contributed by atoms with Gasteiger partial charge in [-0.2, -0.15) is 0 Å². The third kappa shape index (κ3) is 6.32. The topological polar surface area (TPSA) is 128 Å². The first-order chi connectivity index (χ1) is 13.3. The minimum absolute atomic E-state index is 0.0143. The number of halogens is 2. The van der Waals surface area contributed by atoms with E-state index < -0.39 is 35.9 Å². The fraction of sp³-hybridized carbons (Fsp3) is 0.118. The number of hydrogen-bond donors (Lipinski definition) is 2. The minimum Gasteiger partial charge on any atom is -0.454 e. The summed E-state index contributed by atoms with van der Waals surface area (Å²) in [5.74, 6) is -2.04. The Morgan fingerprint density at radius 3 is 2.46 bits per heavy atom. The Labute approximate surface area is 172 Å². The van der Waals surface area contributed by atoms with Gasteiger partial charge in [-0.15, -0.1) is 0 Å². The number of nitro benzene ring substituents is 1. The second-order valence-electron chi connectivity index (χ2n) is 5.32. The van der Waals surface area contributed by atoms with Gasteiger partial charge in [-0.3, -0.25) is 24.5 Å². The number of carbonyl (C=O) groups is 3. The molecule has 0 radical (unpaired) electrons. The molecule has 0 aliphatic carbocycles. The average molecular weight is 471 g/mol. The van der Waals surface area contributed by atoms with Crippen molar-refractivity contribution < 1.29 is 24.0 Å². The summed E-state index contributed by atoms with van der Waals surface area (Å²) in [6.07, 6.45) is 0. The summed E-state index contributed by atoms with van der Waals surface area (Å²) in [6, 6.07) is 10.0. The number of rotatable bonds is 7. The second kappa shape index (κ2) is 9.81. The Hall–Kier alpha value is -2.98. The van der Waals surface area contributed by atoms with E-state index in [1.165, 1.54) is 12.1 Å². The highest BCUT2D eigenvalue weighted by atomic mass is 79.9. The third-order valence-corrected chi connectivity index (χ3v) is 4.16. The Balaban J connectivity index is 1.80. The molecule has 0 aliphatic rings. The number of ether oxygens (including phenoxy) is 1. The van der Waals surface area contributed by atoms with E-state index in [1.807, 2.05) is 0 Å². The van der Waals surface area contributed by atoms with Gasteiger partial charge in [0.05, 0.1) is 15.6 Å². The molecule has 0 fully saturated rings. The summed E-state index contributed by atoms with van der Waals surface area (Å²) < 4.78 is 5.55. The summed E-state index contributed by atoms with van der Waals surface area (Å²) in [5.41, 5.74) is 0.113. The van der Waals surface area contributed by atoms with Gasteiger partial charge in [0.25, 0.3) is 17.5 Å². The van der Waals surface area contributed by atoms with Crippen LogP contribution in [-0.2, 0) is 14.3 Å². The number of nitrogens with one attached hydrogen (secondary N) is 2. The summed E-state index contributed by atoms with van der Waals surface area (Å²) in [6.45, 7) is -1.08. The Bertz CT molecular complexity index is 920. The van der Waals surface area contributed by atoms with E-state index in [-0.39, 0.29) is 16.4 Å². The number of amides is 2. The largest absolute Gasteiger partial charge is 0.454 e. The van der Waals surface area contributed by atoms with E-state index in [9.17, 15) is 24.5 Å². The molecule has 2 amide bonds. The quantitative estimate of drug-likeness (QED) is 0.364. The SMILES string of the molecule is O=C(COC(=O)CNC(=O)c1ccc(Br)cc1)Nc1cc([N+](=O)[O-])ccc1Cl. The molecular formula is C17H13BrClN3O6. The Morgan fingerprint density at radius 2 is 1.82 bits per heavy atom. The normalized spacial score (nSPS) is 10.1. The summed E-state index contributed by atoms with van der Waals surface area (Å²) in [4.78, 5) is 45.5. The van der Waals surface area contributed by atoms with E-state index >= 15 is 0 Å². The van der Waals surface area contributed by atoms with Gasteiger partial charge in [0.2, 0.25) is 0 Å². The Kier molecular flexibility index (Phi) is 7.47. The van der Waals surface area contributed by atoms with Gasteiger partial charge in [-0.25, -0.2) is 0 Å². The molecule has 0 saturated carbocycles. The van der Waals surface area contributed by atoms with Crippen molar-refractivity contribution >= 4 is 56.7 Å². The van der Waals surface area contributed by atoms with E-state index in [0.717, 1.165) is 10.5 Å². The highest BCUT2D eigenvalue weighted by molar-refractivity contribution is 9.10. The van der Waals surface area contributed by atoms with Crippen molar-refractivity contribution in [3.8, 4) is 0 Å². The van der Waals surface area contributed by atoms with E-state index in [4.69, 9.17) is 16.3 Å². The van der Waals surface area contributed by atoms with Gasteiger partial charge in [-0.1, -0.05) is 27.5 Å². The summed E-state index contributed by atoms with van der Waals surface area (Å²) in [7, 11) is 0. The van der Waals surface area contributed by atoms with Crippen LogP contribution in [0.3, 0.4) is 0 Å². The number of carbonyl (C=O) groups excluding carboxylic acids is 3. The first-order valence-electron chi connectivity index (χ1n) is 7.69. The van der Waals surface area contributed by atoms with Crippen molar-refractivity contribution in [2.24, 2.45) is 0 Å². The lowest BCUT2D eigenvalue weighted by atomic mass is 10.2. The van der Waals surface area contributed by atoms with Gasteiger partial charge >= 0.3 is 5.97 Å². The van der Waals surface area contributed by atoms with E-state index in [0.29, 0.717) is 5.56 Å². The molecule has 11 heteroatoms. The molecule has 0 saturated heterocycles. The molecule has 0 spiro atoms. The third-order valence-electron chi connectivity index (χ3n) is 3.30. The maximum absolute atomic E-state index is 11.9. The fourth-order valence-electron chi connectivity index (χ4n) is 1.96. The number of nitro groups is 1. The van der Waals surface area contributed by atoms with E-state index in [2.05, 4.69) is 26.6 Å². The molecule has 2 rings (SSSR count). The molecule has 0 bridgehead atoms. The zero-order chi connectivity index (χ0) is 20.7. The van der Waals surface area contributed by atoms with Crippen LogP contribution in [0.15, 0.2) is 46.9 Å². The van der Waals surface area contributed by atoms with Gasteiger partial charge in [-0.05, 0) is 30.3 Å². The van der Waals surface area contributed by atoms with Crippen LogP contribution in [0.1, 0.15) is 10.4 Å². The van der Waals surface area contributed by atoms with Crippen LogP contribution >= 0.6 is 27.5 Å². The predicted molar refractivity (Wildman–Crippen MR) is 104 cm³/mol. The van der Waals surface area contributed by atoms with Crippen LogP contribution in [0.2, 0.25) is 5.02 Å². The lowest BCUT2D eigenvalue weighted by Crippen LogP contribution is -2.32. The monoisotopic (exact) mass is 469 g/mol. The average Bonchev–Trinajstić information content (AvgIpc) is 2.66. The highest BCUT2D eigenvalue weighted by Gasteiger charge is 2.14. The number of benzene rings is 2. The smallest absolute Gasteiger partial charge is 0.325 e. The number of nitrogens with zero attached hydrogens (tertiary/aromatic N) is 1. The van der Waals surface area contributed by atoms with Crippen LogP contribution in [0, 0.1) is 10.1 Å². The second-order valence-corrected chi connectivity index (χ2v) is 6.64. The lowest BCUT2D eigenvalue weighted by molar-refractivity contribution is -0.384. The molecule has 2 aromatic rings. The standard InChI is InChI=1S/C17H13BrClN3O6/c18-11-3-1-10(2-4-11)17(25)20-8-16(24)28-9-15(23)21-14-7-12(22(26)27)5-6-13(14)19/h1-7H,8-9H2,(H,20,25)(H,21,23). The molecule has 2 N–H and O–H groups in total. The number of non-ortho nitro benzene ring substituents is 1. The van der Waals surface area contributed by atoms with Crippen LogP contribution in [-0.4, -0.2) is 35.9 Å². The summed E-state index contributed by atoms with van der Waals surface area (Å²) >= 11 is 9.11.